The highest BCUT2D eigenvalue weighted by Crippen LogP contribution is 2.37. The Morgan fingerprint density at radius 2 is 1.96 bits per heavy atom. The van der Waals surface area contributed by atoms with Crippen LogP contribution in [0.15, 0.2) is 47.1 Å². The van der Waals surface area contributed by atoms with Crippen LogP contribution in [-0.2, 0) is 14.1 Å². The molecule has 2 aromatic heterocycles. The number of rotatable bonds is 1. The zero-order chi connectivity index (χ0) is 16.1. The Kier molecular flexibility index (Phi) is 2.79. The van der Waals surface area contributed by atoms with Gasteiger partial charge in [0.1, 0.15) is 23.5 Å². The first-order valence-corrected chi connectivity index (χ1v) is 7.45. The SMILES string of the molecule is [C-]#[N+]c1ccc2c(c1)oc1c(-c3n(C)cc[n+]3C)c(C)ccc12. The molecular formula is C19H16N3O+. The first kappa shape index (κ1) is 13.6. The molecule has 0 saturated heterocycles. The molecular weight excluding hydrogens is 286 g/mol. The molecule has 0 fully saturated rings. The van der Waals surface area contributed by atoms with Crippen molar-refractivity contribution < 1.29 is 8.98 Å². The smallest absolute Gasteiger partial charge is 0.292 e. The average molecular weight is 302 g/mol. The molecule has 0 atom stereocenters. The summed E-state index contributed by atoms with van der Waals surface area (Å²) in [6.07, 6.45) is 4.07. The maximum absolute atomic E-state index is 7.18. The molecule has 112 valence electrons. The molecule has 23 heavy (non-hydrogen) atoms. The van der Waals surface area contributed by atoms with Gasteiger partial charge >= 0.3 is 0 Å². The van der Waals surface area contributed by atoms with Gasteiger partial charge in [-0.25, -0.2) is 14.0 Å². The van der Waals surface area contributed by atoms with Crippen LogP contribution in [0.4, 0.5) is 5.69 Å². The van der Waals surface area contributed by atoms with Crippen LogP contribution in [0.2, 0.25) is 0 Å². The maximum atomic E-state index is 7.18. The van der Waals surface area contributed by atoms with Crippen LogP contribution in [0, 0.1) is 13.5 Å². The van der Waals surface area contributed by atoms with Crippen LogP contribution in [-0.4, -0.2) is 4.57 Å². The van der Waals surface area contributed by atoms with Gasteiger partial charge in [-0.1, -0.05) is 24.3 Å². The number of fused-ring (bicyclic) bond motifs is 3. The quantitative estimate of drug-likeness (QED) is 0.381. The van der Waals surface area contributed by atoms with E-state index in [2.05, 4.69) is 33.0 Å². The molecule has 0 amide bonds. The summed E-state index contributed by atoms with van der Waals surface area (Å²) in [6.45, 7) is 9.27. The van der Waals surface area contributed by atoms with E-state index >= 15 is 0 Å². The van der Waals surface area contributed by atoms with Crippen molar-refractivity contribution in [3.8, 4) is 11.4 Å². The van der Waals surface area contributed by atoms with E-state index < -0.39 is 0 Å². The highest BCUT2D eigenvalue weighted by atomic mass is 16.3. The molecule has 2 aromatic carbocycles. The van der Waals surface area contributed by atoms with E-state index in [1.807, 2.05) is 44.7 Å². The standard InChI is InChI=1S/C19H16N3O/c1-12-5-7-15-14-8-6-13(20-2)11-16(14)23-18(15)17(12)19-21(3)9-10-22(19)4/h5-11H,1,3-4H3/q+1. The molecule has 4 heteroatoms. The van der Waals surface area contributed by atoms with Gasteiger partial charge in [0.25, 0.3) is 5.82 Å². The molecule has 0 unspecified atom stereocenters. The lowest BCUT2D eigenvalue weighted by Gasteiger charge is -2.04. The van der Waals surface area contributed by atoms with Gasteiger partial charge in [-0.3, -0.25) is 0 Å². The molecule has 0 saturated carbocycles. The zero-order valence-electron chi connectivity index (χ0n) is 13.3. The molecule has 0 N–H and O–H groups in total. The molecule has 4 rings (SSSR count). The number of benzene rings is 2. The number of aromatic nitrogens is 2. The summed E-state index contributed by atoms with van der Waals surface area (Å²) in [5.74, 6) is 1.09. The van der Waals surface area contributed by atoms with Crippen molar-refractivity contribution in [3.63, 3.8) is 0 Å². The van der Waals surface area contributed by atoms with Crippen molar-refractivity contribution in [1.82, 2.24) is 4.57 Å². The van der Waals surface area contributed by atoms with Gasteiger partial charge in [0.05, 0.1) is 20.7 Å². The molecule has 2 heterocycles. The topological polar surface area (TPSA) is 26.3 Å². The van der Waals surface area contributed by atoms with Crippen LogP contribution in [0.5, 0.6) is 0 Å². The Labute approximate surface area is 134 Å². The summed E-state index contributed by atoms with van der Waals surface area (Å²) >= 11 is 0. The summed E-state index contributed by atoms with van der Waals surface area (Å²) in [5, 5.41) is 2.13. The third-order valence-corrected chi connectivity index (χ3v) is 4.37. The fraction of sp³-hybridized carbons (Fsp3) is 0.158. The fourth-order valence-corrected chi connectivity index (χ4v) is 3.22. The lowest BCUT2D eigenvalue weighted by molar-refractivity contribution is -0.659. The van der Waals surface area contributed by atoms with Crippen LogP contribution in [0.3, 0.4) is 0 Å². The summed E-state index contributed by atoms with van der Waals surface area (Å²) in [7, 11) is 4.07. The molecule has 0 spiro atoms. The molecule has 0 aliphatic heterocycles. The van der Waals surface area contributed by atoms with Crippen LogP contribution in [0.1, 0.15) is 5.56 Å². The van der Waals surface area contributed by atoms with Crippen molar-refractivity contribution in [1.29, 1.82) is 0 Å². The molecule has 0 aliphatic rings. The number of furan rings is 1. The summed E-state index contributed by atoms with van der Waals surface area (Å²) in [6, 6.07) is 9.85. The van der Waals surface area contributed by atoms with Gasteiger partial charge in [-0.2, -0.15) is 0 Å². The minimum Gasteiger partial charge on any atom is -0.456 e. The summed E-state index contributed by atoms with van der Waals surface area (Å²) in [4.78, 5) is 3.49. The van der Waals surface area contributed by atoms with Gasteiger partial charge in [0.2, 0.25) is 0 Å². The third-order valence-electron chi connectivity index (χ3n) is 4.37. The van der Waals surface area contributed by atoms with E-state index in [4.69, 9.17) is 11.0 Å². The summed E-state index contributed by atoms with van der Waals surface area (Å²) in [5.41, 5.74) is 4.49. The number of hydrogen-bond acceptors (Lipinski definition) is 1. The highest BCUT2D eigenvalue weighted by Gasteiger charge is 2.23. The van der Waals surface area contributed by atoms with E-state index in [0.29, 0.717) is 5.69 Å². The van der Waals surface area contributed by atoms with Gasteiger partial charge in [-0.15, -0.1) is 0 Å². The Hall–Kier alpha value is -3.06. The molecule has 0 bridgehead atoms. The van der Waals surface area contributed by atoms with E-state index in [0.717, 1.165) is 33.3 Å². The Morgan fingerprint density at radius 1 is 1.17 bits per heavy atom. The minimum atomic E-state index is 0.597. The second-order valence-corrected chi connectivity index (χ2v) is 5.87. The van der Waals surface area contributed by atoms with Crippen LogP contribution < -0.4 is 4.57 Å². The number of aryl methyl sites for hydroxylation is 3. The number of nitrogens with zero attached hydrogens (tertiary/aromatic N) is 3. The lowest BCUT2D eigenvalue weighted by Crippen LogP contribution is -2.29. The minimum absolute atomic E-state index is 0.597. The van der Waals surface area contributed by atoms with Gasteiger partial charge in [0.15, 0.2) is 11.3 Å². The van der Waals surface area contributed by atoms with Gasteiger partial charge in [0, 0.05) is 10.8 Å². The second kappa shape index (κ2) is 4.72. The largest absolute Gasteiger partial charge is 0.456 e. The molecule has 4 nitrogen and oxygen atoms in total. The van der Waals surface area contributed by atoms with E-state index in [-0.39, 0.29) is 0 Å². The van der Waals surface area contributed by atoms with Crippen molar-refractivity contribution in [2.24, 2.45) is 14.1 Å². The Balaban J connectivity index is 2.16. The van der Waals surface area contributed by atoms with Gasteiger partial charge < -0.3 is 4.42 Å². The van der Waals surface area contributed by atoms with Crippen LogP contribution in [0.25, 0.3) is 38.2 Å². The predicted octanol–water partition coefficient (Wildman–Crippen LogP) is 4.28. The van der Waals surface area contributed by atoms with Crippen molar-refractivity contribution in [2.75, 3.05) is 0 Å². The lowest BCUT2D eigenvalue weighted by atomic mass is 10.0. The first-order valence-electron chi connectivity index (χ1n) is 7.45. The highest BCUT2D eigenvalue weighted by molar-refractivity contribution is 6.10. The molecule has 0 radical (unpaired) electrons. The zero-order valence-corrected chi connectivity index (χ0v) is 13.3. The van der Waals surface area contributed by atoms with E-state index in [9.17, 15) is 0 Å². The second-order valence-electron chi connectivity index (χ2n) is 5.87. The predicted molar refractivity (Wildman–Crippen MR) is 90.3 cm³/mol. The average Bonchev–Trinajstić information content (AvgIpc) is 3.07. The number of hydrogen-bond donors (Lipinski definition) is 0. The van der Waals surface area contributed by atoms with Crippen LogP contribution >= 0.6 is 0 Å². The maximum Gasteiger partial charge on any atom is 0.292 e. The van der Waals surface area contributed by atoms with Gasteiger partial charge in [-0.05, 0) is 18.6 Å². The van der Waals surface area contributed by atoms with Crippen molar-refractivity contribution in [2.45, 2.75) is 6.92 Å². The third kappa shape index (κ3) is 1.87. The number of imidazole rings is 1. The van der Waals surface area contributed by atoms with E-state index in [1.165, 1.54) is 5.56 Å². The summed E-state index contributed by atoms with van der Waals surface area (Å²) < 4.78 is 10.4. The normalized spacial score (nSPS) is 11.2. The fourth-order valence-electron chi connectivity index (χ4n) is 3.22. The van der Waals surface area contributed by atoms with Crippen molar-refractivity contribution in [3.05, 3.63) is 59.7 Å². The van der Waals surface area contributed by atoms with Crippen molar-refractivity contribution >= 4 is 27.6 Å². The molecule has 4 aromatic rings. The Morgan fingerprint density at radius 3 is 2.65 bits per heavy atom. The van der Waals surface area contributed by atoms with E-state index in [1.54, 1.807) is 0 Å². The Bertz CT molecular complexity index is 1090. The first-order chi connectivity index (χ1) is 11.1. The monoisotopic (exact) mass is 302 g/mol. The molecule has 0 aliphatic carbocycles.